The molecule has 1 aliphatic rings. The van der Waals surface area contributed by atoms with E-state index >= 15 is 0 Å². The van der Waals surface area contributed by atoms with Crippen LogP contribution in [0.25, 0.3) is 10.8 Å². The predicted octanol–water partition coefficient (Wildman–Crippen LogP) is 3.85. The molecule has 0 fully saturated rings. The molecule has 0 unspecified atom stereocenters. The number of alkyl halides is 3. The first kappa shape index (κ1) is 13.9. The van der Waals surface area contributed by atoms with Gasteiger partial charge in [0, 0.05) is 11.9 Å². The van der Waals surface area contributed by atoms with Gasteiger partial charge in [0.1, 0.15) is 0 Å². The van der Waals surface area contributed by atoms with Crippen molar-refractivity contribution in [3.05, 3.63) is 41.5 Å². The number of carbonyl (C=O) groups is 1. The van der Waals surface area contributed by atoms with Crippen LogP contribution in [0.3, 0.4) is 0 Å². The summed E-state index contributed by atoms with van der Waals surface area (Å²) in [6.45, 7) is 1.53. The zero-order valence-electron chi connectivity index (χ0n) is 11.5. The van der Waals surface area contributed by atoms with Crippen LogP contribution in [0.15, 0.2) is 30.3 Å². The van der Waals surface area contributed by atoms with Gasteiger partial charge in [-0.25, -0.2) is 0 Å². The van der Waals surface area contributed by atoms with Crippen LogP contribution < -0.4 is 4.90 Å². The molecule has 0 saturated carbocycles. The molecule has 0 N–H and O–H groups in total. The van der Waals surface area contributed by atoms with E-state index in [1.807, 2.05) is 18.2 Å². The topological polar surface area (TPSA) is 20.3 Å². The van der Waals surface area contributed by atoms with Gasteiger partial charge in [-0.1, -0.05) is 24.3 Å². The van der Waals surface area contributed by atoms with Crippen molar-refractivity contribution in [1.29, 1.82) is 0 Å². The van der Waals surface area contributed by atoms with E-state index in [0.29, 0.717) is 5.69 Å². The molecule has 0 heterocycles. The highest BCUT2D eigenvalue weighted by Gasteiger charge is 2.43. The number of rotatable bonds is 2. The number of hydrogen-bond donors (Lipinski definition) is 0. The fourth-order valence-electron chi connectivity index (χ4n) is 3.04. The number of halogens is 3. The van der Waals surface area contributed by atoms with E-state index in [9.17, 15) is 18.0 Å². The number of hydrogen-bond acceptors (Lipinski definition) is 1. The largest absolute Gasteiger partial charge is 0.471 e. The normalized spacial score (nSPS) is 13.7. The van der Waals surface area contributed by atoms with E-state index in [1.54, 1.807) is 19.1 Å². The van der Waals surface area contributed by atoms with Crippen LogP contribution in [0.4, 0.5) is 18.9 Å². The molecule has 21 heavy (non-hydrogen) atoms. The first-order chi connectivity index (χ1) is 9.93. The quantitative estimate of drug-likeness (QED) is 0.823. The number of benzene rings is 2. The third-order valence-electron chi connectivity index (χ3n) is 3.95. The van der Waals surface area contributed by atoms with Crippen molar-refractivity contribution in [2.45, 2.75) is 25.9 Å². The van der Waals surface area contributed by atoms with Crippen LogP contribution in [0.1, 0.15) is 18.1 Å². The Morgan fingerprint density at radius 1 is 1.14 bits per heavy atom. The monoisotopic (exact) mass is 293 g/mol. The molecule has 2 aromatic carbocycles. The van der Waals surface area contributed by atoms with Gasteiger partial charge >= 0.3 is 12.1 Å². The molecule has 1 aliphatic carbocycles. The molecule has 2 nitrogen and oxygen atoms in total. The smallest absolute Gasteiger partial charge is 0.304 e. The summed E-state index contributed by atoms with van der Waals surface area (Å²) in [5.41, 5.74) is 2.61. The molecule has 0 aromatic heterocycles. The fourth-order valence-corrected chi connectivity index (χ4v) is 3.04. The molecule has 3 rings (SSSR count). The standard InChI is InChI=1S/C16H14F3NO/c1-2-20(15(21)16(17,18)19)13-9-8-11-7-6-10-4-3-5-12(13)14(10)11/h3-5,8-9H,2,6-7H2,1H3. The lowest BCUT2D eigenvalue weighted by Gasteiger charge is -2.24. The number of anilines is 1. The first-order valence-corrected chi connectivity index (χ1v) is 6.85. The predicted molar refractivity (Wildman–Crippen MR) is 75.4 cm³/mol. The van der Waals surface area contributed by atoms with E-state index in [0.717, 1.165) is 39.6 Å². The van der Waals surface area contributed by atoms with Crippen LogP contribution in [0.5, 0.6) is 0 Å². The van der Waals surface area contributed by atoms with E-state index < -0.39 is 12.1 Å². The zero-order valence-corrected chi connectivity index (χ0v) is 11.5. The van der Waals surface area contributed by atoms with Crippen LogP contribution in [-0.4, -0.2) is 18.6 Å². The first-order valence-electron chi connectivity index (χ1n) is 6.85. The van der Waals surface area contributed by atoms with E-state index in [-0.39, 0.29) is 6.54 Å². The molecule has 2 aromatic rings. The zero-order chi connectivity index (χ0) is 15.2. The van der Waals surface area contributed by atoms with Gasteiger partial charge < -0.3 is 4.90 Å². The Hall–Kier alpha value is -2.04. The maximum Gasteiger partial charge on any atom is 0.471 e. The third kappa shape index (κ3) is 2.17. The Balaban J connectivity index is 2.19. The Morgan fingerprint density at radius 3 is 2.43 bits per heavy atom. The van der Waals surface area contributed by atoms with Gasteiger partial charge in [-0.05, 0) is 42.3 Å². The van der Waals surface area contributed by atoms with Crippen molar-refractivity contribution >= 4 is 22.4 Å². The summed E-state index contributed by atoms with van der Waals surface area (Å²) >= 11 is 0. The SMILES string of the molecule is CCN(C(=O)C(F)(F)F)c1ccc2c3c(cccc13)CC2. The molecule has 0 saturated heterocycles. The minimum absolute atomic E-state index is 0.0168. The summed E-state index contributed by atoms with van der Waals surface area (Å²) in [4.78, 5) is 12.4. The lowest BCUT2D eigenvalue weighted by molar-refractivity contribution is -0.170. The van der Waals surface area contributed by atoms with Crippen molar-refractivity contribution in [1.82, 2.24) is 0 Å². The van der Waals surface area contributed by atoms with Crippen LogP contribution in [0, 0.1) is 0 Å². The molecule has 0 spiro atoms. The summed E-state index contributed by atoms with van der Waals surface area (Å²) < 4.78 is 38.3. The number of amides is 1. The highest BCUT2D eigenvalue weighted by Crippen LogP contribution is 2.37. The van der Waals surface area contributed by atoms with E-state index in [4.69, 9.17) is 0 Å². The molecule has 5 heteroatoms. The van der Waals surface area contributed by atoms with E-state index in [1.165, 1.54) is 0 Å². The molecule has 0 atom stereocenters. The highest BCUT2D eigenvalue weighted by atomic mass is 19.4. The maximum absolute atomic E-state index is 12.8. The lowest BCUT2D eigenvalue weighted by Crippen LogP contribution is -2.41. The molecule has 0 radical (unpaired) electrons. The Labute approximate surface area is 120 Å². The molecule has 110 valence electrons. The van der Waals surface area contributed by atoms with Crippen LogP contribution in [0.2, 0.25) is 0 Å². The van der Waals surface area contributed by atoms with Crippen molar-refractivity contribution in [2.75, 3.05) is 11.4 Å². The second kappa shape index (κ2) is 4.76. The van der Waals surface area contributed by atoms with Crippen molar-refractivity contribution < 1.29 is 18.0 Å². The van der Waals surface area contributed by atoms with Crippen LogP contribution >= 0.6 is 0 Å². The molecular formula is C16H14F3NO. The van der Waals surface area contributed by atoms with Gasteiger partial charge in [-0.2, -0.15) is 13.2 Å². The van der Waals surface area contributed by atoms with Crippen molar-refractivity contribution in [3.8, 4) is 0 Å². The summed E-state index contributed by atoms with van der Waals surface area (Å²) in [5.74, 6) is -1.82. The molecule has 1 amide bonds. The fraction of sp³-hybridized carbons (Fsp3) is 0.312. The number of carbonyl (C=O) groups excluding carboxylic acids is 1. The summed E-state index contributed by atoms with van der Waals surface area (Å²) in [5, 5.41) is 1.73. The third-order valence-corrected chi connectivity index (χ3v) is 3.95. The highest BCUT2D eigenvalue weighted by molar-refractivity contribution is 6.07. The minimum Gasteiger partial charge on any atom is -0.304 e. The molecule has 0 aliphatic heterocycles. The Bertz CT molecular complexity index is 711. The van der Waals surface area contributed by atoms with E-state index in [2.05, 4.69) is 0 Å². The average Bonchev–Trinajstić information content (AvgIpc) is 2.86. The van der Waals surface area contributed by atoms with Gasteiger partial charge in [0.25, 0.3) is 0 Å². The van der Waals surface area contributed by atoms with Gasteiger partial charge in [0.2, 0.25) is 0 Å². The average molecular weight is 293 g/mol. The lowest BCUT2D eigenvalue weighted by atomic mass is 10.0. The molecular weight excluding hydrogens is 279 g/mol. The van der Waals surface area contributed by atoms with Gasteiger partial charge in [0.05, 0.1) is 5.69 Å². The minimum atomic E-state index is -4.86. The summed E-state index contributed by atoms with van der Waals surface area (Å²) in [6.07, 6.45) is -3.07. The second-order valence-electron chi connectivity index (χ2n) is 5.13. The Kier molecular flexibility index (Phi) is 3.15. The number of aryl methyl sites for hydroxylation is 2. The van der Waals surface area contributed by atoms with Crippen LogP contribution in [-0.2, 0) is 17.6 Å². The van der Waals surface area contributed by atoms with Gasteiger partial charge in [-0.3, -0.25) is 4.79 Å². The van der Waals surface area contributed by atoms with Crippen molar-refractivity contribution in [3.63, 3.8) is 0 Å². The number of nitrogens with zero attached hydrogens (tertiary/aromatic N) is 1. The summed E-state index contributed by atoms with van der Waals surface area (Å²) in [7, 11) is 0. The van der Waals surface area contributed by atoms with Gasteiger partial charge in [-0.15, -0.1) is 0 Å². The Morgan fingerprint density at radius 2 is 1.81 bits per heavy atom. The van der Waals surface area contributed by atoms with Gasteiger partial charge in [0.15, 0.2) is 0 Å². The second-order valence-corrected chi connectivity index (χ2v) is 5.13. The maximum atomic E-state index is 12.8. The van der Waals surface area contributed by atoms with Crippen molar-refractivity contribution in [2.24, 2.45) is 0 Å². The summed E-state index contributed by atoms with van der Waals surface area (Å²) in [6, 6.07) is 9.07. The molecule has 0 bridgehead atoms.